The topological polar surface area (TPSA) is 88.3 Å². The van der Waals surface area contributed by atoms with Crippen LogP contribution in [-0.4, -0.2) is 73.9 Å². The van der Waals surface area contributed by atoms with Crippen LogP contribution in [0.1, 0.15) is 43.7 Å². The molecular weight excluding hydrogens is 494 g/mol. The van der Waals surface area contributed by atoms with Crippen LogP contribution in [0.25, 0.3) is 10.9 Å². The molecule has 3 aliphatic rings. The highest BCUT2D eigenvalue weighted by Crippen LogP contribution is 2.41. The first-order valence-electron chi connectivity index (χ1n) is 11.9. The van der Waals surface area contributed by atoms with Gasteiger partial charge in [0.05, 0.1) is 48.3 Å². The zero-order chi connectivity index (χ0) is 24.3. The molecule has 11 heteroatoms. The molecule has 1 aromatic carbocycles. The predicted octanol–water partition coefficient (Wildman–Crippen LogP) is 4.49. The number of nitrogens with zero attached hydrogens (tertiary/aromatic N) is 5. The van der Waals surface area contributed by atoms with Crippen LogP contribution >= 0.6 is 23.2 Å². The Morgan fingerprint density at radius 1 is 1.23 bits per heavy atom. The molecule has 4 heterocycles. The molecule has 6 rings (SSSR count). The maximum atomic E-state index is 15.5. The SMILES string of the molecule is C[C@@]1(N2CCC(c3cc4nc(Nc5cnn(C6CC6)c5Cl)ncc4cc3Cl)C(F)C2)COCC1O. The van der Waals surface area contributed by atoms with Crippen molar-refractivity contribution in [3.05, 3.63) is 40.3 Å². The number of piperidine rings is 1. The van der Waals surface area contributed by atoms with Gasteiger partial charge in [0.25, 0.3) is 0 Å². The summed E-state index contributed by atoms with van der Waals surface area (Å²) in [7, 11) is 0. The normalized spacial score (nSPS) is 29.7. The van der Waals surface area contributed by atoms with Crippen molar-refractivity contribution in [3.63, 3.8) is 0 Å². The Hall–Kier alpha value is -2.04. The molecule has 2 aromatic heterocycles. The number of aliphatic hydroxyl groups is 1. The molecule has 4 atom stereocenters. The van der Waals surface area contributed by atoms with E-state index in [4.69, 9.17) is 27.9 Å². The molecule has 2 aliphatic heterocycles. The first kappa shape index (κ1) is 23.4. The quantitative estimate of drug-likeness (QED) is 0.512. The minimum Gasteiger partial charge on any atom is -0.389 e. The Bertz CT molecular complexity index is 1270. The highest BCUT2D eigenvalue weighted by molar-refractivity contribution is 6.32. The third-order valence-electron chi connectivity index (χ3n) is 7.62. The summed E-state index contributed by atoms with van der Waals surface area (Å²) < 4.78 is 22.8. The van der Waals surface area contributed by atoms with E-state index in [2.05, 4.69) is 20.4 Å². The minimum atomic E-state index is -1.13. The molecule has 0 bridgehead atoms. The molecule has 2 N–H and O–H groups in total. The Morgan fingerprint density at radius 3 is 2.77 bits per heavy atom. The van der Waals surface area contributed by atoms with Crippen molar-refractivity contribution in [1.82, 2.24) is 24.6 Å². The van der Waals surface area contributed by atoms with Gasteiger partial charge in [0.1, 0.15) is 6.17 Å². The molecular formula is C24H27Cl2FN6O2. The lowest BCUT2D eigenvalue weighted by molar-refractivity contribution is -0.0237. The van der Waals surface area contributed by atoms with Gasteiger partial charge in [-0.1, -0.05) is 23.2 Å². The van der Waals surface area contributed by atoms with Crippen molar-refractivity contribution in [3.8, 4) is 0 Å². The smallest absolute Gasteiger partial charge is 0.227 e. The van der Waals surface area contributed by atoms with Gasteiger partial charge in [-0.3, -0.25) is 4.90 Å². The number of halogens is 3. The molecule has 8 nitrogen and oxygen atoms in total. The molecule has 3 unspecified atom stereocenters. The van der Waals surface area contributed by atoms with E-state index in [0.717, 1.165) is 23.8 Å². The molecule has 0 spiro atoms. The Balaban J connectivity index is 1.24. The Kier molecular flexibility index (Phi) is 5.88. The van der Waals surface area contributed by atoms with Crippen LogP contribution < -0.4 is 5.32 Å². The lowest BCUT2D eigenvalue weighted by Gasteiger charge is -2.45. The van der Waals surface area contributed by atoms with Crippen LogP contribution in [0, 0.1) is 0 Å². The van der Waals surface area contributed by atoms with Gasteiger partial charge in [-0.05, 0) is 50.4 Å². The number of aliphatic hydroxyl groups excluding tert-OH is 1. The Labute approximate surface area is 212 Å². The highest BCUT2D eigenvalue weighted by atomic mass is 35.5. The fourth-order valence-electron chi connectivity index (χ4n) is 5.21. The molecule has 3 aromatic rings. The standard InChI is InChI=1S/C24H27Cl2FN6O2/c1-24(12-35-11-21(24)34)32-5-4-15(18(27)10-32)16-7-19-13(6-17(16)25)8-28-23(30-19)31-20-9-29-33(22(20)26)14-2-3-14/h6-9,14-15,18,21,34H,2-5,10-12H2,1H3,(H,28,30,31)/t15?,18?,21?,24-/m1/s1. The summed E-state index contributed by atoms with van der Waals surface area (Å²) in [5, 5.41) is 19.7. The van der Waals surface area contributed by atoms with E-state index in [9.17, 15) is 5.11 Å². The van der Waals surface area contributed by atoms with Gasteiger partial charge >= 0.3 is 0 Å². The summed E-state index contributed by atoms with van der Waals surface area (Å²) >= 11 is 13.1. The van der Waals surface area contributed by atoms with Crippen LogP contribution in [0.3, 0.4) is 0 Å². The average Bonchev–Trinajstić information content (AvgIpc) is 3.54. The lowest BCUT2D eigenvalue weighted by atomic mass is 9.84. The van der Waals surface area contributed by atoms with Gasteiger partial charge in [-0.15, -0.1) is 0 Å². The van der Waals surface area contributed by atoms with Crippen molar-refractivity contribution >= 4 is 45.7 Å². The van der Waals surface area contributed by atoms with Crippen molar-refractivity contribution in [2.45, 2.75) is 56.0 Å². The monoisotopic (exact) mass is 520 g/mol. The van der Waals surface area contributed by atoms with Crippen LogP contribution in [0.2, 0.25) is 10.2 Å². The van der Waals surface area contributed by atoms with Crippen LogP contribution in [0.5, 0.6) is 0 Å². The molecule has 3 fully saturated rings. The number of benzene rings is 1. The summed E-state index contributed by atoms with van der Waals surface area (Å²) in [6, 6.07) is 4.03. The fraction of sp³-hybridized carbons (Fsp3) is 0.542. The van der Waals surface area contributed by atoms with E-state index >= 15 is 4.39 Å². The molecule has 186 valence electrons. The predicted molar refractivity (Wildman–Crippen MR) is 132 cm³/mol. The van der Waals surface area contributed by atoms with Gasteiger partial charge < -0.3 is 15.2 Å². The summed E-state index contributed by atoms with van der Waals surface area (Å²) in [5.74, 6) is 0.0292. The maximum Gasteiger partial charge on any atom is 0.227 e. The third kappa shape index (κ3) is 4.17. The number of alkyl halides is 1. The summed E-state index contributed by atoms with van der Waals surface area (Å²) in [5.41, 5.74) is 1.50. The van der Waals surface area contributed by atoms with Crippen molar-refractivity contribution in [1.29, 1.82) is 0 Å². The van der Waals surface area contributed by atoms with Crippen LogP contribution in [-0.2, 0) is 4.74 Å². The number of likely N-dealkylation sites (tertiary alicyclic amines) is 1. The van der Waals surface area contributed by atoms with E-state index in [1.165, 1.54) is 0 Å². The van der Waals surface area contributed by atoms with Crippen LogP contribution in [0.15, 0.2) is 24.5 Å². The van der Waals surface area contributed by atoms with Crippen molar-refractivity contribution in [2.75, 3.05) is 31.6 Å². The molecule has 1 aliphatic carbocycles. The maximum absolute atomic E-state index is 15.5. The molecule has 1 saturated carbocycles. The van der Waals surface area contributed by atoms with E-state index in [0.29, 0.717) is 52.9 Å². The first-order chi connectivity index (χ1) is 16.8. The summed E-state index contributed by atoms with van der Waals surface area (Å²) in [6.45, 7) is 3.49. The number of anilines is 2. The molecule has 0 radical (unpaired) electrons. The van der Waals surface area contributed by atoms with E-state index in [1.807, 2.05) is 22.6 Å². The second kappa shape index (κ2) is 8.81. The number of fused-ring (bicyclic) bond motifs is 1. The van der Waals surface area contributed by atoms with Gasteiger partial charge in [-0.2, -0.15) is 5.10 Å². The second-order valence-corrected chi connectivity index (χ2v) is 10.8. The molecule has 0 amide bonds. The second-order valence-electron chi connectivity index (χ2n) is 10.0. The minimum absolute atomic E-state index is 0.218. The number of rotatable bonds is 5. The lowest BCUT2D eigenvalue weighted by Crippen LogP contribution is -2.58. The van der Waals surface area contributed by atoms with Gasteiger partial charge in [0.2, 0.25) is 5.95 Å². The first-order valence-corrected chi connectivity index (χ1v) is 12.7. The number of hydrogen-bond donors (Lipinski definition) is 2. The number of hydrogen-bond acceptors (Lipinski definition) is 7. The van der Waals surface area contributed by atoms with Gasteiger partial charge in [0, 0.05) is 29.1 Å². The largest absolute Gasteiger partial charge is 0.389 e. The van der Waals surface area contributed by atoms with Gasteiger partial charge in [0.15, 0.2) is 5.15 Å². The molecule has 2 saturated heterocycles. The van der Waals surface area contributed by atoms with E-state index < -0.39 is 17.8 Å². The summed E-state index contributed by atoms with van der Waals surface area (Å²) in [6.07, 6.45) is 4.37. The number of nitrogens with one attached hydrogen (secondary N) is 1. The number of ether oxygens (including phenoxy) is 1. The van der Waals surface area contributed by atoms with Crippen LogP contribution in [0.4, 0.5) is 16.0 Å². The van der Waals surface area contributed by atoms with E-state index in [1.54, 1.807) is 18.5 Å². The van der Waals surface area contributed by atoms with Gasteiger partial charge in [-0.25, -0.2) is 19.0 Å². The van der Waals surface area contributed by atoms with Crippen molar-refractivity contribution in [2.24, 2.45) is 0 Å². The average molecular weight is 521 g/mol. The Morgan fingerprint density at radius 2 is 2.06 bits per heavy atom. The third-order valence-corrected chi connectivity index (χ3v) is 8.33. The highest BCUT2D eigenvalue weighted by Gasteiger charge is 2.47. The fourth-order valence-corrected chi connectivity index (χ4v) is 5.80. The zero-order valence-electron chi connectivity index (χ0n) is 19.3. The zero-order valence-corrected chi connectivity index (χ0v) is 20.8. The molecule has 35 heavy (non-hydrogen) atoms. The summed E-state index contributed by atoms with van der Waals surface area (Å²) in [4.78, 5) is 11.0. The number of aromatic nitrogens is 4. The van der Waals surface area contributed by atoms with E-state index in [-0.39, 0.29) is 19.1 Å². The van der Waals surface area contributed by atoms with Crippen molar-refractivity contribution < 1.29 is 14.2 Å².